The van der Waals surface area contributed by atoms with Gasteiger partial charge < -0.3 is 25.8 Å². The molecular weight excluding hydrogens is 238 g/mol. The number of rotatable bonds is 2. The smallest absolute Gasteiger partial charge is 0.220 e. The van der Waals surface area contributed by atoms with Crippen molar-refractivity contribution in [3.05, 3.63) is 24.7 Å². The molecule has 0 aromatic rings. The maximum Gasteiger partial charge on any atom is 0.220 e. The van der Waals surface area contributed by atoms with Crippen molar-refractivity contribution in [3.63, 3.8) is 0 Å². The standard InChI is InChI=1S/C11H17N3O4/c1-6-13-8(12)3-4-14(6)10-11(2,17)9(16)7(5-15)18-10/h3-4,7,9-10,15-17H,1,5H2,2H3,(H2,12,13)/p+1/t7-,9-,10-,11-/m1/s1. The Balaban J connectivity index is 2.25. The number of hydrogen-bond acceptors (Lipinski definition) is 6. The fourth-order valence-corrected chi connectivity index (χ4v) is 2.13. The lowest BCUT2D eigenvalue weighted by molar-refractivity contribution is -0.427. The highest BCUT2D eigenvalue weighted by atomic mass is 16.6. The molecule has 100 valence electrons. The molecule has 2 heterocycles. The van der Waals surface area contributed by atoms with Crippen LogP contribution in [0.25, 0.3) is 0 Å². The Morgan fingerprint density at radius 3 is 2.83 bits per heavy atom. The molecule has 1 fully saturated rings. The number of hydrogen-bond donors (Lipinski definition) is 5. The Kier molecular flexibility index (Phi) is 3.16. The van der Waals surface area contributed by atoms with Gasteiger partial charge in [0.25, 0.3) is 0 Å². The van der Waals surface area contributed by atoms with Gasteiger partial charge in [-0.2, -0.15) is 0 Å². The highest BCUT2D eigenvalue weighted by Gasteiger charge is 2.56. The highest BCUT2D eigenvalue weighted by molar-refractivity contribution is 5.86. The second kappa shape index (κ2) is 4.36. The largest absolute Gasteiger partial charge is 0.394 e. The number of ether oxygens (including phenoxy) is 1. The van der Waals surface area contributed by atoms with Crippen molar-refractivity contribution in [1.82, 2.24) is 4.90 Å². The fourth-order valence-electron chi connectivity index (χ4n) is 2.13. The molecule has 4 atom stereocenters. The van der Waals surface area contributed by atoms with Crippen LogP contribution in [-0.2, 0) is 4.74 Å². The zero-order chi connectivity index (χ0) is 13.5. The van der Waals surface area contributed by atoms with E-state index in [0.29, 0.717) is 11.7 Å². The van der Waals surface area contributed by atoms with Gasteiger partial charge in [-0.15, -0.1) is 0 Å². The van der Waals surface area contributed by atoms with E-state index in [9.17, 15) is 10.2 Å². The lowest BCUT2D eigenvalue weighted by Crippen LogP contribution is -2.78. The minimum Gasteiger partial charge on any atom is -0.394 e. The van der Waals surface area contributed by atoms with E-state index < -0.39 is 24.0 Å². The second-order valence-corrected chi connectivity index (χ2v) is 4.63. The highest BCUT2D eigenvalue weighted by Crippen LogP contribution is 2.33. The molecular formula is C11H18N3O4+. The molecule has 2 rings (SSSR count). The maximum atomic E-state index is 10.3. The van der Waals surface area contributed by atoms with E-state index in [0.717, 1.165) is 0 Å². The van der Waals surface area contributed by atoms with Crippen LogP contribution in [0.2, 0.25) is 0 Å². The molecule has 1 saturated heterocycles. The first kappa shape index (κ1) is 13.0. The Bertz CT molecular complexity index is 419. The maximum absolute atomic E-state index is 10.3. The third-order valence-electron chi connectivity index (χ3n) is 3.20. The van der Waals surface area contributed by atoms with E-state index in [1.165, 1.54) is 11.8 Å². The zero-order valence-corrected chi connectivity index (χ0v) is 10.1. The first-order chi connectivity index (χ1) is 8.37. The van der Waals surface area contributed by atoms with E-state index >= 15 is 0 Å². The number of nitrogens with one attached hydrogen (secondary N) is 1. The molecule has 0 aromatic heterocycles. The molecule has 2 aliphatic heterocycles. The van der Waals surface area contributed by atoms with Gasteiger partial charge in [0, 0.05) is 6.08 Å². The van der Waals surface area contributed by atoms with Gasteiger partial charge in [0.2, 0.25) is 17.9 Å². The van der Waals surface area contributed by atoms with Gasteiger partial charge in [0.15, 0.2) is 0 Å². The topological polar surface area (TPSA) is 113 Å². The van der Waals surface area contributed by atoms with Crippen molar-refractivity contribution in [3.8, 4) is 0 Å². The third-order valence-corrected chi connectivity index (χ3v) is 3.20. The van der Waals surface area contributed by atoms with E-state index in [1.54, 1.807) is 12.3 Å². The first-order valence-corrected chi connectivity index (χ1v) is 5.59. The number of aliphatic hydroxyl groups excluding tert-OH is 2. The van der Waals surface area contributed by atoms with Gasteiger partial charge in [0.05, 0.1) is 12.8 Å². The molecule has 6 N–H and O–H groups in total. The minimum atomic E-state index is -1.53. The fraction of sp³-hybridized carbons (Fsp3) is 0.545. The summed E-state index contributed by atoms with van der Waals surface area (Å²) in [6, 6.07) is 0. The van der Waals surface area contributed by atoms with Gasteiger partial charge >= 0.3 is 0 Å². The zero-order valence-electron chi connectivity index (χ0n) is 10.1. The van der Waals surface area contributed by atoms with Crippen molar-refractivity contribution in [2.45, 2.75) is 31.0 Å². The first-order valence-electron chi connectivity index (χ1n) is 5.59. The number of nitrogens with zero attached hydrogens (tertiary/aromatic N) is 1. The van der Waals surface area contributed by atoms with Gasteiger partial charge in [-0.05, 0) is 13.5 Å². The molecule has 0 saturated carbocycles. The third kappa shape index (κ3) is 1.91. The van der Waals surface area contributed by atoms with Crippen LogP contribution < -0.4 is 10.7 Å². The van der Waals surface area contributed by atoms with Gasteiger partial charge in [-0.25, -0.2) is 9.89 Å². The average molecular weight is 256 g/mol. The van der Waals surface area contributed by atoms with E-state index in [4.69, 9.17) is 15.6 Å². The average Bonchev–Trinajstić information content (AvgIpc) is 2.52. The van der Waals surface area contributed by atoms with Crippen molar-refractivity contribution in [2.75, 3.05) is 6.61 Å². The van der Waals surface area contributed by atoms with Gasteiger partial charge in [0.1, 0.15) is 17.8 Å². The Labute approximate surface area is 104 Å². The normalized spacial score (nSPS) is 40.2. The van der Waals surface area contributed by atoms with Crippen LogP contribution in [0.15, 0.2) is 24.7 Å². The minimum absolute atomic E-state index is 0.375. The quantitative estimate of drug-likeness (QED) is 0.351. The Morgan fingerprint density at radius 2 is 2.33 bits per heavy atom. The molecule has 0 aromatic carbocycles. The second-order valence-electron chi connectivity index (χ2n) is 4.63. The summed E-state index contributed by atoms with van der Waals surface area (Å²) in [6.45, 7) is 4.83. The van der Waals surface area contributed by atoms with Crippen molar-refractivity contribution >= 4 is 5.84 Å². The molecule has 18 heavy (non-hydrogen) atoms. The van der Waals surface area contributed by atoms with E-state index in [2.05, 4.69) is 11.6 Å². The van der Waals surface area contributed by atoms with Crippen LogP contribution in [0.4, 0.5) is 0 Å². The van der Waals surface area contributed by atoms with Crippen molar-refractivity contribution < 1.29 is 25.0 Å². The van der Waals surface area contributed by atoms with Gasteiger partial charge in [-0.1, -0.05) is 0 Å². The molecule has 7 nitrogen and oxygen atoms in total. The van der Waals surface area contributed by atoms with Crippen LogP contribution in [0.3, 0.4) is 0 Å². The lowest BCUT2D eigenvalue weighted by atomic mass is 9.96. The summed E-state index contributed by atoms with van der Waals surface area (Å²) in [7, 11) is 0. The number of amidine groups is 1. The van der Waals surface area contributed by atoms with Gasteiger partial charge in [-0.3, -0.25) is 0 Å². The Morgan fingerprint density at radius 1 is 1.67 bits per heavy atom. The summed E-state index contributed by atoms with van der Waals surface area (Å²) in [4.78, 5) is 4.32. The summed E-state index contributed by atoms with van der Waals surface area (Å²) in [5.41, 5.74) is 4.04. The summed E-state index contributed by atoms with van der Waals surface area (Å²) in [5.74, 6) is 0.846. The number of aliphatic hydroxyl groups is 3. The van der Waals surface area contributed by atoms with Crippen LogP contribution in [0.5, 0.6) is 0 Å². The summed E-state index contributed by atoms with van der Waals surface area (Å²) < 4.78 is 5.46. The SMILES string of the molecule is C=C1[NH+]=C(N)C=CN1[C@@H]1O[C@H](CO)[C@@H](O)[C@@]1(C)O. The molecule has 0 unspecified atom stereocenters. The molecule has 0 spiro atoms. The lowest BCUT2D eigenvalue weighted by Gasteiger charge is -2.31. The molecule has 0 radical (unpaired) electrons. The predicted molar refractivity (Wildman–Crippen MR) is 62.7 cm³/mol. The van der Waals surface area contributed by atoms with E-state index in [-0.39, 0.29) is 6.61 Å². The van der Waals surface area contributed by atoms with Crippen molar-refractivity contribution in [2.24, 2.45) is 5.73 Å². The summed E-state index contributed by atoms with van der Waals surface area (Å²) in [6.07, 6.45) is 0.312. The van der Waals surface area contributed by atoms with Crippen LogP contribution in [-0.4, -0.2) is 56.7 Å². The Hall–Kier alpha value is -1.41. The predicted octanol–water partition coefficient (Wildman–Crippen LogP) is -3.45. The molecule has 0 aliphatic carbocycles. The monoisotopic (exact) mass is 256 g/mol. The van der Waals surface area contributed by atoms with Crippen LogP contribution in [0.1, 0.15) is 6.92 Å². The molecule has 7 heteroatoms. The summed E-state index contributed by atoms with van der Waals surface area (Å²) in [5, 5.41) is 29.3. The number of nitrogens with two attached hydrogens (primary N) is 1. The summed E-state index contributed by atoms with van der Waals surface area (Å²) >= 11 is 0. The van der Waals surface area contributed by atoms with Crippen molar-refractivity contribution in [1.29, 1.82) is 0 Å². The molecule has 0 bridgehead atoms. The van der Waals surface area contributed by atoms with E-state index in [1.807, 2.05) is 0 Å². The molecule has 0 amide bonds. The van der Waals surface area contributed by atoms with Crippen LogP contribution >= 0.6 is 0 Å². The molecule has 2 aliphatic rings. The van der Waals surface area contributed by atoms with Crippen LogP contribution in [0, 0.1) is 0 Å².